The first kappa shape index (κ1) is 59.3. The van der Waals surface area contributed by atoms with Crippen molar-refractivity contribution in [2.45, 2.75) is 264 Å². The van der Waals surface area contributed by atoms with E-state index in [9.17, 15) is 19.8 Å². The van der Waals surface area contributed by atoms with Crippen LogP contribution in [0.1, 0.15) is 245 Å². The summed E-state index contributed by atoms with van der Waals surface area (Å²) < 4.78 is 5.92. The van der Waals surface area contributed by atoms with E-state index >= 15 is 0 Å². The van der Waals surface area contributed by atoms with Gasteiger partial charge in [0.2, 0.25) is 5.91 Å². The molecule has 0 fully saturated rings. The van der Waals surface area contributed by atoms with E-state index < -0.39 is 18.2 Å². The predicted octanol–water partition coefficient (Wildman–Crippen LogP) is 15.8. The van der Waals surface area contributed by atoms with Crippen LogP contribution in [-0.2, 0) is 14.3 Å². The van der Waals surface area contributed by atoms with Crippen LogP contribution in [0.5, 0.6) is 0 Å². The SMILES string of the molecule is CC\C=C/C=C/C=C/C=C\C=C\C=C\CCCCCC(=O)OC(CCCCCCCCCCCCCCCCCC)CC(=O)NC(CO)C(O)CCCCCCCCCCCC. The Hall–Kier alpha value is -2.70. The summed E-state index contributed by atoms with van der Waals surface area (Å²) >= 11 is 0. The third-order valence-electron chi connectivity index (χ3n) is 11.7. The van der Waals surface area contributed by atoms with E-state index in [-0.39, 0.29) is 24.9 Å². The maximum atomic E-state index is 13.2. The van der Waals surface area contributed by atoms with Crippen LogP contribution in [0.4, 0.5) is 0 Å². The highest BCUT2D eigenvalue weighted by molar-refractivity contribution is 5.77. The highest BCUT2D eigenvalue weighted by Gasteiger charge is 2.24. The van der Waals surface area contributed by atoms with Gasteiger partial charge < -0.3 is 20.3 Å². The summed E-state index contributed by atoms with van der Waals surface area (Å²) in [5.74, 6) is -0.521. The average molecular weight is 866 g/mol. The van der Waals surface area contributed by atoms with Gasteiger partial charge in [-0.25, -0.2) is 0 Å². The molecule has 3 N–H and O–H groups in total. The van der Waals surface area contributed by atoms with Crippen molar-refractivity contribution >= 4 is 11.9 Å². The molecule has 0 aromatic rings. The second kappa shape index (κ2) is 49.3. The number of carbonyl (C=O) groups is 2. The number of allylic oxidation sites excluding steroid dienone is 12. The molecule has 1 amide bonds. The number of ether oxygens (including phenoxy) is 1. The second-order valence-corrected chi connectivity index (χ2v) is 17.7. The number of aliphatic hydroxyl groups excluding tert-OH is 2. The highest BCUT2D eigenvalue weighted by atomic mass is 16.5. The molecular formula is C56H99NO5. The lowest BCUT2D eigenvalue weighted by molar-refractivity contribution is -0.151. The molecule has 0 radical (unpaired) electrons. The Morgan fingerprint density at radius 3 is 1.31 bits per heavy atom. The number of aliphatic hydroxyl groups is 2. The van der Waals surface area contributed by atoms with Gasteiger partial charge in [-0.3, -0.25) is 9.59 Å². The molecule has 0 aliphatic rings. The average Bonchev–Trinajstić information content (AvgIpc) is 3.26. The Morgan fingerprint density at radius 1 is 0.484 bits per heavy atom. The van der Waals surface area contributed by atoms with Crippen LogP contribution in [0.25, 0.3) is 0 Å². The lowest BCUT2D eigenvalue weighted by atomic mass is 10.0. The van der Waals surface area contributed by atoms with Crippen molar-refractivity contribution in [1.29, 1.82) is 0 Å². The fourth-order valence-electron chi connectivity index (χ4n) is 7.76. The van der Waals surface area contributed by atoms with Crippen molar-refractivity contribution in [2.24, 2.45) is 0 Å². The van der Waals surface area contributed by atoms with Crippen LogP contribution in [0.2, 0.25) is 0 Å². The van der Waals surface area contributed by atoms with E-state index in [1.54, 1.807) is 0 Å². The van der Waals surface area contributed by atoms with Crippen molar-refractivity contribution in [3.05, 3.63) is 72.9 Å². The molecule has 62 heavy (non-hydrogen) atoms. The van der Waals surface area contributed by atoms with Crippen LogP contribution in [0, 0.1) is 0 Å². The fourth-order valence-corrected chi connectivity index (χ4v) is 7.76. The van der Waals surface area contributed by atoms with Gasteiger partial charge >= 0.3 is 5.97 Å². The van der Waals surface area contributed by atoms with Crippen molar-refractivity contribution in [2.75, 3.05) is 6.61 Å². The predicted molar refractivity (Wildman–Crippen MR) is 268 cm³/mol. The fraction of sp³-hybridized carbons (Fsp3) is 0.750. The second-order valence-electron chi connectivity index (χ2n) is 17.7. The Bertz CT molecular complexity index is 1150. The van der Waals surface area contributed by atoms with E-state index in [1.807, 2.05) is 48.6 Å². The molecule has 0 saturated carbocycles. The number of esters is 1. The van der Waals surface area contributed by atoms with Gasteiger partial charge in [0.25, 0.3) is 0 Å². The van der Waals surface area contributed by atoms with Crippen LogP contribution < -0.4 is 5.32 Å². The van der Waals surface area contributed by atoms with Gasteiger partial charge in [0.05, 0.1) is 25.2 Å². The van der Waals surface area contributed by atoms with Gasteiger partial charge in [-0.15, -0.1) is 0 Å². The zero-order valence-corrected chi connectivity index (χ0v) is 40.7. The van der Waals surface area contributed by atoms with Crippen LogP contribution >= 0.6 is 0 Å². The normalized spacial score (nSPS) is 13.8. The zero-order valence-electron chi connectivity index (χ0n) is 40.7. The molecule has 0 aliphatic carbocycles. The van der Waals surface area contributed by atoms with Gasteiger partial charge in [0, 0.05) is 6.42 Å². The molecular weight excluding hydrogens is 767 g/mol. The third-order valence-corrected chi connectivity index (χ3v) is 11.7. The monoisotopic (exact) mass is 866 g/mol. The van der Waals surface area contributed by atoms with Crippen LogP contribution in [0.15, 0.2) is 72.9 Å². The first-order valence-corrected chi connectivity index (χ1v) is 26.2. The molecule has 0 rings (SSSR count). The molecule has 0 saturated heterocycles. The topological polar surface area (TPSA) is 95.9 Å². The summed E-state index contributed by atoms with van der Waals surface area (Å²) in [6, 6.07) is -0.711. The molecule has 358 valence electrons. The number of hydrogen-bond acceptors (Lipinski definition) is 5. The maximum absolute atomic E-state index is 13.2. The molecule has 0 spiro atoms. The van der Waals surface area contributed by atoms with E-state index in [1.165, 1.54) is 128 Å². The molecule has 3 unspecified atom stereocenters. The lowest BCUT2D eigenvalue weighted by Crippen LogP contribution is -2.46. The third kappa shape index (κ3) is 43.9. The Labute approximate surface area is 383 Å². The Morgan fingerprint density at radius 2 is 0.871 bits per heavy atom. The summed E-state index contributed by atoms with van der Waals surface area (Å²) in [4.78, 5) is 26.2. The molecule has 6 nitrogen and oxygen atoms in total. The van der Waals surface area contributed by atoms with Gasteiger partial charge in [0.15, 0.2) is 0 Å². The Balaban J connectivity index is 4.67. The summed E-state index contributed by atoms with van der Waals surface area (Å²) in [5, 5.41) is 23.7. The van der Waals surface area contributed by atoms with Gasteiger partial charge in [0.1, 0.15) is 6.10 Å². The van der Waals surface area contributed by atoms with E-state index in [4.69, 9.17) is 4.74 Å². The minimum absolute atomic E-state index is 0.0590. The van der Waals surface area contributed by atoms with Crippen molar-refractivity contribution in [3.8, 4) is 0 Å². The summed E-state index contributed by atoms with van der Waals surface area (Å²) in [5.41, 5.74) is 0. The minimum atomic E-state index is -0.796. The van der Waals surface area contributed by atoms with E-state index in [2.05, 4.69) is 50.4 Å². The number of hydrogen-bond donors (Lipinski definition) is 3. The summed E-state index contributed by atoms with van der Waals surface area (Å²) in [7, 11) is 0. The maximum Gasteiger partial charge on any atom is 0.306 e. The van der Waals surface area contributed by atoms with E-state index in [0.29, 0.717) is 19.3 Å². The minimum Gasteiger partial charge on any atom is -0.462 e. The van der Waals surface area contributed by atoms with Crippen LogP contribution in [0.3, 0.4) is 0 Å². The molecule has 0 heterocycles. The van der Waals surface area contributed by atoms with Crippen LogP contribution in [-0.4, -0.2) is 46.9 Å². The Kier molecular flexibility index (Phi) is 47.2. The number of nitrogens with one attached hydrogen (secondary N) is 1. The standard InChI is InChI=1S/C56H99NO5/c1-4-7-10-13-16-19-22-24-26-28-30-32-34-37-40-43-46-49-56(61)62-52(47-44-41-38-35-33-31-29-27-25-23-20-17-14-11-8-5-2)50-55(60)57-53(51-58)54(59)48-45-42-39-36-21-18-15-12-9-6-3/h7,10,13,16,19,22,24,26,28,30,32,34,52-54,58-59H,4-6,8-9,11-12,14-15,17-18,20-21,23,25,27,29,31,33,35-51H2,1-3H3,(H,57,60)/b10-7-,16-13+,22-19+,26-24-,30-28+,34-32+. The van der Waals surface area contributed by atoms with Gasteiger partial charge in [-0.2, -0.15) is 0 Å². The quantitative estimate of drug-likeness (QED) is 0.0322. The molecule has 0 bridgehead atoms. The molecule has 0 aromatic heterocycles. The number of amides is 1. The number of rotatable bonds is 46. The number of unbranched alkanes of at least 4 members (excludes halogenated alkanes) is 27. The smallest absolute Gasteiger partial charge is 0.306 e. The van der Waals surface area contributed by atoms with E-state index in [0.717, 1.165) is 70.6 Å². The largest absolute Gasteiger partial charge is 0.462 e. The lowest BCUT2D eigenvalue weighted by Gasteiger charge is -2.24. The highest BCUT2D eigenvalue weighted by Crippen LogP contribution is 2.18. The van der Waals surface area contributed by atoms with Crippen molar-refractivity contribution in [1.82, 2.24) is 5.32 Å². The van der Waals surface area contributed by atoms with Crippen molar-refractivity contribution < 1.29 is 24.5 Å². The van der Waals surface area contributed by atoms with Gasteiger partial charge in [-0.05, 0) is 44.9 Å². The molecule has 0 aliphatic heterocycles. The molecule has 3 atom stereocenters. The van der Waals surface area contributed by atoms with Gasteiger partial charge in [-0.1, -0.05) is 261 Å². The first-order valence-electron chi connectivity index (χ1n) is 26.2. The zero-order chi connectivity index (χ0) is 45.2. The first-order chi connectivity index (χ1) is 30.5. The molecule has 6 heteroatoms. The summed E-state index contributed by atoms with van der Waals surface area (Å²) in [6.45, 7) is 6.33. The summed E-state index contributed by atoms with van der Waals surface area (Å²) in [6.07, 6.45) is 62.4. The number of carbonyl (C=O) groups excluding carboxylic acids is 2. The van der Waals surface area contributed by atoms with Crippen molar-refractivity contribution in [3.63, 3.8) is 0 Å². The molecule has 0 aromatic carbocycles.